The van der Waals surface area contributed by atoms with Crippen molar-refractivity contribution in [3.05, 3.63) is 34.4 Å². The second-order valence-corrected chi connectivity index (χ2v) is 5.13. The lowest BCUT2D eigenvalue weighted by molar-refractivity contribution is -0.137. The normalized spacial score (nSPS) is 10.7. The summed E-state index contributed by atoms with van der Waals surface area (Å²) in [7, 11) is 0. The van der Waals surface area contributed by atoms with Crippen molar-refractivity contribution in [2.75, 3.05) is 6.54 Å². The van der Waals surface area contributed by atoms with Gasteiger partial charge in [-0.2, -0.15) is 10.2 Å². The first-order valence-corrected chi connectivity index (χ1v) is 6.99. The molecule has 2 aromatic rings. The van der Waals surface area contributed by atoms with Gasteiger partial charge in [-0.05, 0) is 19.9 Å². The maximum atomic E-state index is 11.9. The summed E-state index contributed by atoms with van der Waals surface area (Å²) in [4.78, 5) is 22.5. The molecule has 1 amide bonds. The van der Waals surface area contributed by atoms with Crippen LogP contribution in [0.4, 0.5) is 0 Å². The summed E-state index contributed by atoms with van der Waals surface area (Å²) in [6.45, 7) is 4.25. The van der Waals surface area contributed by atoms with Crippen molar-refractivity contribution in [2.24, 2.45) is 0 Å². The van der Waals surface area contributed by atoms with Crippen LogP contribution in [-0.2, 0) is 17.9 Å². The van der Waals surface area contributed by atoms with Gasteiger partial charge < -0.3 is 10.4 Å². The molecule has 0 saturated heterocycles. The molecule has 2 N–H and O–H groups in total. The average molecular weight is 326 g/mol. The van der Waals surface area contributed by atoms with Crippen molar-refractivity contribution in [3.63, 3.8) is 0 Å². The first-order chi connectivity index (χ1) is 10.4. The molecule has 0 aliphatic carbocycles. The van der Waals surface area contributed by atoms with E-state index in [1.165, 1.54) is 16.9 Å². The number of aromatic nitrogens is 4. The Labute approximate surface area is 131 Å². The zero-order valence-electron chi connectivity index (χ0n) is 12.2. The third-order valence-electron chi connectivity index (χ3n) is 3.07. The Balaban J connectivity index is 1.88. The molecule has 0 aromatic carbocycles. The molecule has 0 unspecified atom stereocenters. The molecule has 0 radical (unpaired) electrons. The van der Waals surface area contributed by atoms with Gasteiger partial charge in [0.2, 0.25) is 0 Å². The van der Waals surface area contributed by atoms with E-state index in [2.05, 4.69) is 15.5 Å². The highest BCUT2D eigenvalue weighted by Gasteiger charge is 2.12. The Morgan fingerprint density at radius 2 is 2.09 bits per heavy atom. The van der Waals surface area contributed by atoms with Crippen LogP contribution < -0.4 is 5.32 Å². The van der Waals surface area contributed by atoms with Crippen molar-refractivity contribution in [1.82, 2.24) is 24.9 Å². The van der Waals surface area contributed by atoms with Gasteiger partial charge >= 0.3 is 5.97 Å². The number of rotatable bonds is 6. The molecule has 0 spiro atoms. The summed E-state index contributed by atoms with van der Waals surface area (Å²) in [6.07, 6.45) is 1.45. The van der Waals surface area contributed by atoms with Crippen molar-refractivity contribution in [3.8, 4) is 0 Å². The number of nitrogens with one attached hydrogen (secondary N) is 1. The van der Waals surface area contributed by atoms with Crippen LogP contribution in [-0.4, -0.2) is 43.1 Å². The van der Waals surface area contributed by atoms with Gasteiger partial charge in [-0.25, -0.2) is 0 Å². The fourth-order valence-electron chi connectivity index (χ4n) is 1.97. The maximum Gasteiger partial charge on any atom is 0.325 e. The van der Waals surface area contributed by atoms with Crippen LogP contribution in [0.1, 0.15) is 21.9 Å². The van der Waals surface area contributed by atoms with E-state index in [0.717, 1.165) is 11.4 Å². The lowest BCUT2D eigenvalue weighted by atomic mass is 10.4. The minimum atomic E-state index is -1.02. The van der Waals surface area contributed by atoms with Gasteiger partial charge in [0, 0.05) is 12.7 Å². The number of aryl methyl sites for hydroxylation is 1. The SMILES string of the molecule is Cc1nn(CCNC(=O)c2ccn(CC(=O)O)n2)c(C)c1Cl. The van der Waals surface area contributed by atoms with Gasteiger partial charge in [-0.1, -0.05) is 11.6 Å². The molecule has 0 atom stereocenters. The van der Waals surface area contributed by atoms with Crippen molar-refractivity contribution in [2.45, 2.75) is 26.9 Å². The fourth-order valence-corrected chi connectivity index (χ4v) is 2.10. The quantitative estimate of drug-likeness (QED) is 0.820. The molecule has 0 aliphatic heterocycles. The zero-order chi connectivity index (χ0) is 16.3. The first-order valence-electron chi connectivity index (χ1n) is 6.61. The summed E-state index contributed by atoms with van der Waals surface area (Å²) in [6, 6.07) is 1.47. The van der Waals surface area contributed by atoms with Gasteiger partial charge in [0.15, 0.2) is 0 Å². The van der Waals surface area contributed by atoms with Gasteiger partial charge in [-0.15, -0.1) is 0 Å². The second kappa shape index (κ2) is 6.61. The summed E-state index contributed by atoms with van der Waals surface area (Å²) >= 11 is 6.05. The minimum Gasteiger partial charge on any atom is -0.480 e. The first kappa shape index (κ1) is 16.0. The third-order valence-corrected chi connectivity index (χ3v) is 3.62. The van der Waals surface area contributed by atoms with Crippen LogP contribution in [0.25, 0.3) is 0 Å². The van der Waals surface area contributed by atoms with E-state index in [4.69, 9.17) is 16.7 Å². The monoisotopic (exact) mass is 325 g/mol. The lowest BCUT2D eigenvalue weighted by Crippen LogP contribution is -2.28. The molecule has 0 bridgehead atoms. The zero-order valence-corrected chi connectivity index (χ0v) is 13.0. The standard InChI is InChI=1S/C13H16ClN5O3/c1-8-12(14)9(2)19(16-8)6-4-15-13(22)10-3-5-18(17-10)7-11(20)21/h3,5H,4,6-7H2,1-2H3,(H,15,22)(H,20,21). The maximum absolute atomic E-state index is 11.9. The number of carboxylic acid groups (broad SMARTS) is 1. The minimum absolute atomic E-state index is 0.174. The van der Waals surface area contributed by atoms with E-state index in [1.807, 2.05) is 13.8 Å². The summed E-state index contributed by atoms with van der Waals surface area (Å²) in [5, 5.41) is 20.1. The molecule has 118 valence electrons. The van der Waals surface area contributed by atoms with E-state index in [9.17, 15) is 9.59 Å². The van der Waals surface area contributed by atoms with Crippen molar-refractivity contribution >= 4 is 23.5 Å². The number of hydrogen-bond donors (Lipinski definition) is 2. The molecular formula is C13H16ClN5O3. The smallest absolute Gasteiger partial charge is 0.325 e. The summed E-state index contributed by atoms with van der Waals surface area (Å²) in [5.74, 6) is -1.38. The number of carbonyl (C=O) groups is 2. The molecule has 0 aliphatic rings. The van der Waals surface area contributed by atoms with Gasteiger partial charge in [0.25, 0.3) is 5.91 Å². The predicted octanol–water partition coefficient (Wildman–Crippen LogP) is 0.864. The van der Waals surface area contributed by atoms with Crippen LogP contribution in [0.3, 0.4) is 0 Å². The number of carboxylic acids is 1. The fraction of sp³-hybridized carbons (Fsp3) is 0.385. The molecule has 2 aromatic heterocycles. The summed E-state index contributed by atoms with van der Waals surface area (Å²) in [5.41, 5.74) is 1.77. The van der Waals surface area contributed by atoms with E-state index >= 15 is 0 Å². The van der Waals surface area contributed by atoms with Crippen LogP contribution in [0.2, 0.25) is 5.02 Å². The van der Waals surface area contributed by atoms with E-state index in [0.29, 0.717) is 18.1 Å². The largest absolute Gasteiger partial charge is 0.480 e. The number of amides is 1. The Morgan fingerprint density at radius 1 is 1.36 bits per heavy atom. The third kappa shape index (κ3) is 3.64. The van der Waals surface area contributed by atoms with Crippen LogP contribution >= 0.6 is 11.6 Å². The average Bonchev–Trinajstić information content (AvgIpc) is 3.00. The van der Waals surface area contributed by atoms with Gasteiger partial charge in [0.1, 0.15) is 12.2 Å². The van der Waals surface area contributed by atoms with Crippen LogP contribution in [0.15, 0.2) is 12.3 Å². The predicted molar refractivity (Wildman–Crippen MR) is 78.9 cm³/mol. The molecule has 2 heterocycles. The van der Waals surface area contributed by atoms with E-state index in [1.54, 1.807) is 4.68 Å². The number of nitrogens with zero attached hydrogens (tertiary/aromatic N) is 4. The highest BCUT2D eigenvalue weighted by atomic mass is 35.5. The number of aliphatic carboxylic acids is 1. The second-order valence-electron chi connectivity index (χ2n) is 4.76. The Bertz CT molecular complexity index is 707. The molecule has 2 rings (SSSR count). The molecule has 8 nitrogen and oxygen atoms in total. The van der Waals surface area contributed by atoms with Crippen molar-refractivity contribution < 1.29 is 14.7 Å². The van der Waals surface area contributed by atoms with Crippen LogP contribution in [0, 0.1) is 13.8 Å². The lowest BCUT2D eigenvalue weighted by Gasteiger charge is -2.05. The van der Waals surface area contributed by atoms with Crippen molar-refractivity contribution in [1.29, 1.82) is 0 Å². The van der Waals surface area contributed by atoms with Gasteiger partial charge in [-0.3, -0.25) is 19.0 Å². The number of halogens is 1. The summed E-state index contributed by atoms with van der Waals surface area (Å²) < 4.78 is 2.92. The number of carbonyl (C=O) groups excluding carboxylic acids is 1. The van der Waals surface area contributed by atoms with E-state index in [-0.39, 0.29) is 18.1 Å². The molecule has 9 heteroatoms. The highest BCUT2D eigenvalue weighted by molar-refractivity contribution is 6.31. The van der Waals surface area contributed by atoms with E-state index < -0.39 is 5.97 Å². The van der Waals surface area contributed by atoms with Crippen LogP contribution in [0.5, 0.6) is 0 Å². The Hall–Kier alpha value is -2.35. The molecule has 22 heavy (non-hydrogen) atoms. The molecule has 0 fully saturated rings. The Kier molecular flexibility index (Phi) is 4.81. The highest BCUT2D eigenvalue weighted by Crippen LogP contribution is 2.18. The Morgan fingerprint density at radius 3 is 2.68 bits per heavy atom. The molecular weight excluding hydrogens is 310 g/mol. The topological polar surface area (TPSA) is 102 Å². The van der Waals surface area contributed by atoms with Gasteiger partial charge in [0.05, 0.1) is 23.0 Å². The molecule has 0 saturated carbocycles. The number of hydrogen-bond acceptors (Lipinski definition) is 4.